The predicted molar refractivity (Wildman–Crippen MR) is 91.6 cm³/mol. The second kappa shape index (κ2) is 6.78. The molecule has 1 aliphatic heterocycles. The molecule has 2 aromatic rings. The van der Waals surface area contributed by atoms with Crippen molar-refractivity contribution in [2.45, 2.75) is 32.0 Å². The van der Waals surface area contributed by atoms with Crippen LogP contribution in [0.3, 0.4) is 0 Å². The Kier molecular flexibility index (Phi) is 4.70. The predicted octanol–water partition coefficient (Wildman–Crippen LogP) is 4.49. The normalized spacial score (nSPS) is 16.6. The highest BCUT2D eigenvalue weighted by molar-refractivity contribution is 5.96. The van der Waals surface area contributed by atoms with Crippen LogP contribution >= 0.6 is 0 Å². The summed E-state index contributed by atoms with van der Waals surface area (Å²) in [6, 6.07) is 12.8. The molecular weight excluding hydrogens is 329 g/mol. The molecule has 0 saturated carbocycles. The number of nitrogens with zero attached hydrogens (tertiary/aromatic N) is 1. The van der Waals surface area contributed by atoms with Gasteiger partial charge >= 0.3 is 6.18 Å². The number of halogens is 3. The summed E-state index contributed by atoms with van der Waals surface area (Å²) in [7, 11) is 0. The highest BCUT2D eigenvalue weighted by Gasteiger charge is 2.31. The Bertz CT molecular complexity index is 756. The highest BCUT2D eigenvalue weighted by Crippen LogP contribution is 2.32. The number of hydrogen-bond acceptors (Lipinski definition) is 2. The summed E-state index contributed by atoms with van der Waals surface area (Å²) in [5.74, 6) is 0.0110. The van der Waals surface area contributed by atoms with Crippen LogP contribution in [0.25, 0.3) is 0 Å². The fourth-order valence-electron chi connectivity index (χ4n) is 3.16. The number of fused-ring (bicyclic) bond motifs is 1. The standard InChI is InChI=1S/C19H19F3N2O/c1-13-12-14-4-2-3-5-17(14)24(13)18(25)10-11-23-16-8-6-15(7-9-16)19(20,21)22/h2-9,13,23H,10-12H2,1H3. The molecule has 1 aliphatic rings. The third-order valence-electron chi connectivity index (χ3n) is 4.36. The first-order valence-corrected chi connectivity index (χ1v) is 8.17. The zero-order valence-electron chi connectivity index (χ0n) is 13.8. The molecule has 3 nitrogen and oxygen atoms in total. The van der Waals surface area contributed by atoms with Crippen LogP contribution in [0.4, 0.5) is 24.5 Å². The van der Waals surface area contributed by atoms with Gasteiger partial charge in [0, 0.05) is 30.4 Å². The summed E-state index contributed by atoms with van der Waals surface area (Å²) in [6.07, 6.45) is -3.22. The Labute approximate surface area is 144 Å². The number of amides is 1. The molecule has 0 saturated heterocycles. The van der Waals surface area contributed by atoms with Gasteiger partial charge in [0.1, 0.15) is 0 Å². The Morgan fingerprint density at radius 1 is 1.16 bits per heavy atom. The van der Waals surface area contributed by atoms with E-state index in [2.05, 4.69) is 5.32 Å². The van der Waals surface area contributed by atoms with Crippen molar-refractivity contribution in [3.63, 3.8) is 0 Å². The molecule has 1 heterocycles. The molecule has 1 atom stereocenters. The third-order valence-corrected chi connectivity index (χ3v) is 4.36. The fraction of sp³-hybridized carbons (Fsp3) is 0.316. The van der Waals surface area contributed by atoms with Gasteiger partial charge in [-0.05, 0) is 49.2 Å². The molecule has 132 valence electrons. The van der Waals surface area contributed by atoms with E-state index in [4.69, 9.17) is 0 Å². The molecule has 25 heavy (non-hydrogen) atoms. The number of carbonyl (C=O) groups excluding carboxylic acids is 1. The molecule has 1 N–H and O–H groups in total. The van der Waals surface area contributed by atoms with Gasteiger partial charge in [0.25, 0.3) is 0 Å². The Morgan fingerprint density at radius 3 is 2.52 bits per heavy atom. The van der Waals surface area contributed by atoms with Crippen molar-refractivity contribution >= 4 is 17.3 Å². The number of hydrogen-bond donors (Lipinski definition) is 1. The van der Waals surface area contributed by atoms with Crippen LogP contribution in [-0.2, 0) is 17.4 Å². The highest BCUT2D eigenvalue weighted by atomic mass is 19.4. The topological polar surface area (TPSA) is 32.3 Å². The maximum absolute atomic E-state index is 12.5. The van der Waals surface area contributed by atoms with Crippen LogP contribution in [0.15, 0.2) is 48.5 Å². The zero-order valence-corrected chi connectivity index (χ0v) is 13.8. The summed E-state index contributed by atoms with van der Waals surface area (Å²) >= 11 is 0. The first-order chi connectivity index (χ1) is 11.9. The molecule has 0 aliphatic carbocycles. The minimum absolute atomic E-state index is 0.0110. The van der Waals surface area contributed by atoms with Crippen molar-refractivity contribution in [3.8, 4) is 0 Å². The van der Waals surface area contributed by atoms with E-state index in [-0.39, 0.29) is 18.4 Å². The molecule has 0 radical (unpaired) electrons. The van der Waals surface area contributed by atoms with Crippen molar-refractivity contribution < 1.29 is 18.0 Å². The summed E-state index contributed by atoms with van der Waals surface area (Å²) in [5.41, 5.74) is 2.00. The van der Waals surface area contributed by atoms with Gasteiger partial charge in [-0.1, -0.05) is 18.2 Å². The average molecular weight is 348 g/mol. The number of nitrogens with one attached hydrogen (secondary N) is 1. The summed E-state index contributed by atoms with van der Waals surface area (Å²) < 4.78 is 37.6. The first-order valence-electron chi connectivity index (χ1n) is 8.17. The van der Waals surface area contributed by atoms with Crippen LogP contribution < -0.4 is 10.2 Å². The third kappa shape index (κ3) is 3.78. The van der Waals surface area contributed by atoms with Gasteiger partial charge in [-0.15, -0.1) is 0 Å². The minimum atomic E-state index is -4.34. The van der Waals surface area contributed by atoms with Crippen LogP contribution in [0.1, 0.15) is 24.5 Å². The number of benzene rings is 2. The average Bonchev–Trinajstić information content (AvgIpc) is 2.90. The molecular formula is C19H19F3N2O. The van der Waals surface area contributed by atoms with Crippen molar-refractivity contribution in [1.29, 1.82) is 0 Å². The Morgan fingerprint density at radius 2 is 1.84 bits per heavy atom. The first kappa shape index (κ1) is 17.3. The Balaban J connectivity index is 1.57. The molecule has 2 aromatic carbocycles. The van der Waals surface area contributed by atoms with Gasteiger partial charge in [0.2, 0.25) is 5.91 Å². The quantitative estimate of drug-likeness (QED) is 0.883. The summed E-state index contributed by atoms with van der Waals surface area (Å²) in [4.78, 5) is 14.3. The van der Waals surface area contributed by atoms with Crippen LogP contribution in [0.5, 0.6) is 0 Å². The summed E-state index contributed by atoms with van der Waals surface area (Å²) in [6.45, 7) is 2.39. The Hall–Kier alpha value is -2.50. The molecule has 3 rings (SSSR count). The summed E-state index contributed by atoms with van der Waals surface area (Å²) in [5, 5.41) is 3.00. The van der Waals surface area contributed by atoms with Gasteiger partial charge in [0.05, 0.1) is 5.56 Å². The van der Waals surface area contributed by atoms with E-state index in [0.717, 1.165) is 24.2 Å². The zero-order chi connectivity index (χ0) is 18.0. The van der Waals surface area contributed by atoms with Gasteiger partial charge in [-0.25, -0.2) is 0 Å². The number of rotatable bonds is 4. The number of anilines is 2. The minimum Gasteiger partial charge on any atom is -0.385 e. The van der Waals surface area contributed by atoms with E-state index in [0.29, 0.717) is 12.2 Å². The molecule has 6 heteroatoms. The lowest BCUT2D eigenvalue weighted by atomic mass is 10.1. The van der Waals surface area contributed by atoms with E-state index >= 15 is 0 Å². The maximum atomic E-state index is 12.5. The lowest BCUT2D eigenvalue weighted by molar-refractivity contribution is -0.137. The van der Waals surface area contributed by atoms with Crippen molar-refractivity contribution in [2.24, 2.45) is 0 Å². The number of para-hydroxylation sites is 1. The monoisotopic (exact) mass is 348 g/mol. The molecule has 0 bridgehead atoms. The molecule has 0 fully saturated rings. The van der Waals surface area contributed by atoms with Gasteiger partial charge in [-0.3, -0.25) is 4.79 Å². The largest absolute Gasteiger partial charge is 0.416 e. The van der Waals surface area contributed by atoms with Crippen LogP contribution in [-0.4, -0.2) is 18.5 Å². The lowest BCUT2D eigenvalue weighted by Crippen LogP contribution is -2.36. The van der Waals surface area contributed by atoms with Crippen molar-refractivity contribution in [1.82, 2.24) is 0 Å². The van der Waals surface area contributed by atoms with E-state index in [9.17, 15) is 18.0 Å². The molecule has 1 amide bonds. The van der Waals surface area contributed by atoms with Crippen LogP contribution in [0, 0.1) is 0 Å². The van der Waals surface area contributed by atoms with E-state index in [1.54, 1.807) is 0 Å². The van der Waals surface area contributed by atoms with E-state index in [1.807, 2.05) is 36.1 Å². The van der Waals surface area contributed by atoms with E-state index in [1.165, 1.54) is 17.7 Å². The smallest absolute Gasteiger partial charge is 0.385 e. The SMILES string of the molecule is CC1Cc2ccccc2N1C(=O)CCNc1ccc(C(F)(F)F)cc1. The molecule has 0 aromatic heterocycles. The number of carbonyl (C=O) groups is 1. The second-order valence-corrected chi connectivity index (χ2v) is 6.20. The lowest BCUT2D eigenvalue weighted by Gasteiger charge is -2.23. The van der Waals surface area contributed by atoms with Crippen LogP contribution in [0.2, 0.25) is 0 Å². The fourth-order valence-corrected chi connectivity index (χ4v) is 3.16. The van der Waals surface area contributed by atoms with Gasteiger partial charge in [-0.2, -0.15) is 13.2 Å². The second-order valence-electron chi connectivity index (χ2n) is 6.20. The van der Waals surface area contributed by atoms with Crippen molar-refractivity contribution in [2.75, 3.05) is 16.8 Å². The van der Waals surface area contributed by atoms with Gasteiger partial charge in [0.15, 0.2) is 0 Å². The van der Waals surface area contributed by atoms with E-state index < -0.39 is 11.7 Å². The molecule has 1 unspecified atom stereocenters. The number of alkyl halides is 3. The van der Waals surface area contributed by atoms with Crippen molar-refractivity contribution in [3.05, 3.63) is 59.7 Å². The van der Waals surface area contributed by atoms with Gasteiger partial charge < -0.3 is 10.2 Å². The maximum Gasteiger partial charge on any atom is 0.416 e. The molecule has 0 spiro atoms.